The maximum atomic E-state index is 11.0. The van der Waals surface area contributed by atoms with E-state index in [9.17, 15) is 4.79 Å². The van der Waals surface area contributed by atoms with Gasteiger partial charge in [-0.2, -0.15) is 5.48 Å². The molecule has 0 radical (unpaired) electrons. The summed E-state index contributed by atoms with van der Waals surface area (Å²) in [5.74, 6) is 0.663. The highest BCUT2D eigenvalue weighted by atomic mass is 16.7. The molecule has 1 rings (SSSR count). The summed E-state index contributed by atoms with van der Waals surface area (Å²) in [6.45, 7) is 17.3. The molecule has 1 heterocycles. The summed E-state index contributed by atoms with van der Waals surface area (Å²) in [6, 6.07) is 3.28. The number of hydrogen-bond acceptors (Lipinski definition) is 5. The molecule has 0 bridgehead atoms. The van der Waals surface area contributed by atoms with Crippen molar-refractivity contribution in [3.05, 3.63) is 0 Å². The third kappa shape index (κ3) is 15.5. The van der Waals surface area contributed by atoms with E-state index < -0.39 is 0 Å². The van der Waals surface area contributed by atoms with Crippen LogP contribution in [0.2, 0.25) is 0 Å². The third-order valence-electron chi connectivity index (χ3n) is 5.91. The molecule has 0 spiro atoms. The Balaban J connectivity index is 0. The number of terminal acetylenes is 1. The van der Waals surface area contributed by atoms with Gasteiger partial charge in [-0.05, 0) is 44.1 Å². The first-order valence-corrected chi connectivity index (χ1v) is 12.3. The number of carbonyl (C=O) groups excluding carboxylic acids is 1. The van der Waals surface area contributed by atoms with Gasteiger partial charge in [0.25, 0.3) is 0 Å². The molecule has 5 N–H and O–H groups in total. The molecule has 0 aromatic heterocycles. The van der Waals surface area contributed by atoms with E-state index in [-0.39, 0.29) is 18.2 Å². The van der Waals surface area contributed by atoms with Crippen LogP contribution in [0.5, 0.6) is 0 Å². The Morgan fingerprint density at radius 2 is 1.94 bits per heavy atom. The summed E-state index contributed by atoms with van der Waals surface area (Å²) in [6.07, 6.45) is 12.5. The number of hydroxylamine groups is 1. The fourth-order valence-electron chi connectivity index (χ4n) is 3.09. The molecule has 5 atom stereocenters. The van der Waals surface area contributed by atoms with Crippen LogP contribution in [0, 0.1) is 23.8 Å². The number of carbonyl (C=O) groups is 1. The van der Waals surface area contributed by atoms with E-state index in [0.29, 0.717) is 23.8 Å². The Kier molecular flexibility index (Phi) is 19.3. The van der Waals surface area contributed by atoms with Crippen LogP contribution in [-0.2, 0) is 9.63 Å². The zero-order chi connectivity index (χ0) is 24.4. The molecule has 6 nitrogen and oxygen atoms in total. The minimum atomic E-state index is -0.00543. The first-order valence-electron chi connectivity index (χ1n) is 12.3. The highest BCUT2D eigenvalue weighted by molar-refractivity contribution is 5.75. The lowest BCUT2D eigenvalue weighted by molar-refractivity contribution is -0.838. The second kappa shape index (κ2) is 18.6. The minimum absolute atomic E-state index is 0.00543. The van der Waals surface area contributed by atoms with E-state index in [1.807, 2.05) is 13.8 Å². The Morgan fingerprint density at radius 3 is 2.35 bits per heavy atom. The van der Waals surface area contributed by atoms with Gasteiger partial charge in [0.05, 0.1) is 19.3 Å². The van der Waals surface area contributed by atoms with E-state index in [1.54, 1.807) is 6.92 Å². The number of rotatable bonds is 12. The number of hydrogen-bond donors (Lipinski definition) is 4. The van der Waals surface area contributed by atoms with Crippen molar-refractivity contribution in [1.29, 1.82) is 0 Å². The second-order valence-electron chi connectivity index (χ2n) is 9.21. The van der Waals surface area contributed by atoms with E-state index in [4.69, 9.17) is 17.0 Å². The summed E-state index contributed by atoms with van der Waals surface area (Å²) < 4.78 is 0. The van der Waals surface area contributed by atoms with Crippen LogP contribution < -0.4 is 21.4 Å². The average molecular weight is 442 g/mol. The van der Waals surface area contributed by atoms with Gasteiger partial charge in [0.1, 0.15) is 18.1 Å². The van der Waals surface area contributed by atoms with Crippen molar-refractivity contribution < 1.29 is 14.5 Å². The van der Waals surface area contributed by atoms with E-state index >= 15 is 0 Å². The molecule has 0 aromatic rings. The normalized spacial score (nSPS) is 20.9. The fraction of sp³-hybridized carbons (Fsp3) is 0.880. The fourth-order valence-corrected chi connectivity index (χ4v) is 3.09. The van der Waals surface area contributed by atoms with Crippen molar-refractivity contribution in [3.63, 3.8) is 0 Å². The predicted molar refractivity (Wildman–Crippen MR) is 132 cm³/mol. The summed E-state index contributed by atoms with van der Waals surface area (Å²) in [5.41, 5.74) is 8.87. The molecule has 0 amide bonds. The summed E-state index contributed by atoms with van der Waals surface area (Å²) >= 11 is 0. The lowest BCUT2D eigenvalue weighted by Crippen LogP contribution is -3.09. The molecule has 6 heteroatoms. The van der Waals surface area contributed by atoms with Crippen LogP contribution in [0.1, 0.15) is 100 Å². The summed E-state index contributed by atoms with van der Waals surface area (Å²) in [5, 5.41) is 3.46. The minimum Gasteiger partial charge on any atom is -0.330 e. The van der Waals surface area contributed by atoms with Crippen LogP contribution in [-0.4, -0.2) is 37.8 Å². The van der Waals surface area contributed by atoms with Gasteiger partial charge in [0.15, 0.2) is 0 Å². The topological polar surface area (TPSA) is 80.8 Å². The molecule has 1 aliphatic rings. The highest BCUT2D eigenvalue weighted by Gasteiger charge is 2.31. The zero-order valence-electron chi connectivity index (χ0n) is 21.9. The molecule has 184 valence electrons. The Hall–Kier alpha value is -0.970. The van der Waals surface area contributed by atoms with Gasteiger partial charge in [-0.1, -0.05) is 61.3 Å². The Labute approximate surface area is 193 Å². The van der Waals surface area contributed by atoms with Gasteiger partial charge < -0.3 is 10.5 Å². The van der Waals surface area contributed by atoms with Crippen LogP contribution in [0.15, 0.2) is 0 Å². The molecule has 0 saturated carbocycles. The highest BCUT2D eigenvalue weighted by Crippen LogP contribution is 2.17. The summed E-state index contributed by atoms with van der Waals surface area (Å²) in [4.78, 5) is 17.7. The lowest BCUT2D eigenvalue weighted by atomic mass is 9.91. The molecule has 31 heavy (non-hydrogen) atoms. The van der Waals surface area contributed by atoms with Gasteiger partial charge in [0, 0.05) is 19.3 Å². The number of quaternary nitrogens is 1. The van der Waals surface area contributed by atoms with Crippen LogP contribution >= 0.6 is 0 Å². The SMILES string of the molecule is C#C[NH+](C)C(CCC)CC(C)C1NOC(CCCC(C)=O)N1.CC.CCC(C)(C)CN. The van der Waals surface area contributed by atoms with Crippen molar-refractivity contribution in [1.82, 2.24) is 10.8 Å². The molecular formula is C25H53N4O2+. The van der Waals surface area contributed by atoms with Crippen molar-refractivity contribution in [2.24, 2.45) is 17.1 Å². The molecule has 1 aliphatic heterocycles. The molecule has 0 aromatic carbocycles. The maximum absolute atomic E-state index is 11.0. The first-order chi connectivity index (χ1) is 14.6. The van der Waals surface area contributed by atoms with Gasteiger partial charge in [-0.15, -0.1) is 0 Å². The number of ketones is 1. The number of nitrogens with one attached hydrogen (secondary N) is 3. The molecular weight excluding hydrogens is 388 g/mol. The van der Waals surface area contributed by atoms with Crippen molar-refractivity contribution in [3.8, 4) is 12.5 Å². The van der Waals surface area contributed by atoms with E-state index in [0.717, 1.165) is 43.5 Å². The van der Waals surface area contributed by atoms with E-state index in [2.05, 4.69) is 58.5 Å². The number of Topliss-reactive ketones (excluding diaryl/α,β-unsaturated/α-hetero) is 1. The standard InChI is InChI=1S/C17H31N3O2.C6H15N.C2H6/c1-6-9-15(20(5)7-2)12-13(3)17-18-16(22-19-17)11-8-10-14(4)21;1-4-6(2,3)5-7;1-2/h2,13,15-19H,6,8-12H2,1,3-5H3;4-5,7H2,1-3H3;1-2H3/p+1. The molecule has 5 unspecified atom stereocenters. The van der Waals surface area contributed by atoms with Gasteiger partial charge in [0.2, 0.25) is 0 Å². The van der Waals surface area contributed by atoms with Crippen LogP contribution in [0.25, 0.3) is 0 Å². The Bertz CT molecular complexity index is 484. The second-order valence-corrected chi connectivity index (χ2v) is 9.21. The molecule has 1 saturated heterocycles. The smallest absolute Gasteiger partial charge is 0.131 e. The zero-order valence-corrected chi connectivity index (χ0v) is 21.9. The van der Waals surface area contributed by atoms with Gasteiger partial charge in [-0.3, -0.25) is 15.1 Å². The maximum Gasteiger partial charge on any atom is 0.131 e. The summed E-state index contributed by atoms with van der Waals surface area (Å²) in [7, 11) is 2.06. The monoisotopic (exact) mass is 441 g/mol. The van der Waals surface area contributed by atoms with Crippen molar-refractivity contribution in [2.45, 2.75) is 119 Å². The molecule has 0 aliphatic carbocycles. The molecule has 1 fully saturated rings. The van der Waals surface area contributed by atoms with Crippen molar-refractivity contribution >= 4 is 5.78 Å². The largest absolute Gasteiger partial charge is 0.330 e. The van der Waals surface area contributed by atoms with E-state index in [1.165, 1.54) is 6.42 Å². The predicted octanol–water partition coefficient (Wildman–Crippen LogP) is 3.23. The quantitative estimate of drug-likeness (QED) is 0.350. The van der Waals surface area contributed by atoms with Crippen molar-refractivity contribution in [2.75, 3.05) is 13.6 Å². The lowest BCUT2D eigenvalue weighted by Gasteiger charge is -2.25. The van der Waals surface area contributed by atoms with Gasteiger partial charge >= 0.3 is 0 Å². The van der Waals surface area contributed by atoms with Gasteiger partial charge in [-0.25, -0.2) is 0 Å². The number of nitrogens with two attached hydrogens (primary N) is 1. The van der Waals surface area contributed by atoms with Crippen LogP contribution in [0.3, 0.4) is 0 Å². The van der Waals surface area contributed by atoms with Crippen LogP contribution in [0.4, 0.5) is 0 Å². The third-order valence-corrected chi connectivity index (χ3v) is 5.91. The first kappa shape index (κ1) is 32.2. The average Bonchev–Trinajstić information content (AvgIpc) is 3.23. The Morgan fingerprint density at radius 1 is 1.32 bits per heavy atom.